The van der Waals surface area contributed by atoms with Crippen LogP contribution in [0, 0.1) is 5.82 Å². The third-order valence-electron chi connectivity index (χ3n) is 3.98. The SMILES string of the molecule is O=C1C[C@H](NS(=O)(=O)N2CCC(Oc3ccc(F)cc3)C2)C(=O)N1O.SSS. The van der Waals surface area contributed by atoms with E-state index in [0.29, 0.717) is 12.2 Å². The molecule has 2 heterocycles. The zero-order valence-electron chi connectivity index (χ0n) is 14.3. The van der Waals surface area contributed by atoms with Crippen LogP contribution in [0.5, 0.6) is 5.75 Å². The Bertz CT molecular complexity index is 810. The molecule has 1 unspecified atom stereocenters. The summed E-state index contributed by atoms with van der Waals surface area (Å²) in [5.41, 5.74) is 0. The minimum absolute atomic E-state index is 0.0460. The van der Waals surface area contributed by atoms with Gasteiger partial charge in [-0.15, -0.1) is 0 Å². The number of hydroxylamine groups is 2. The average molecular weight is 472 g/mol. The number of amides is 2. The summed E-state index contributed by atoms with van der Waals surface area (Å²) in [4.78, 5) is 22.8. The molecule has 2 aliphatic rings. The number of rotatable bonds is 5. The van der Waals surface area contributed by atoms with Gasteiger partial charge in [0.2, 0.25) is 0 Å². The van der Waals surface area contributed by atoms with Crippen LogP contribution >= 0.6 is 33.1 Å². The molecule has 0 bridgehead atoms. The summed E-state index contributed by atoms with van der Waals surface area (Å²) in [5, 5.41) is 9.08. The topological polar surface area (TPSA) is 116 Å². The Morgan fingerprint density at radius 2 is 1.86 bits per heavy atom. The summed E-state index contributed by atoms with van der Waals surface area (Å²) in [5.74, 6) is -1.85. The third kappa shape index (κ3) is 5.98. The molecule has 9 nitrogen and oxygen atoms in total. The van der Waals surface area contributed by atoms with Crippen LogP contribution in [0.1, 0.15) is 12.8 Å². The lowest BCUT2D eigenvalue weighted by Gasteiger charge is -2.19. The summed E-state index contributed by atoms with van der Waals surface area (Å²) in [7, 11) is -2.88. The van der Waals surface area contributed by atoms with E-state index in [1.807, 2.05) is 0 Å². The summed E-state index contributed by atoms with van der Waals surface area (Å²) < 4.78 is 46.4. The summed E-state index contributed by atoms with van der Waals surface area (Å²) >= 11 is 7.14. The van der Waals surface area contributed by atoms with Crippen LogP contribution in [0.15, 0.2) is 24.3 Å². The molecule has 156 valence electrons. The third-order valence-corrected chi connectivity index (χ3v) is 5.57. The fraction of sp³-hybridized carbons (Fsp3) is 0.429. The van der Waals surface area contributed by atoms with Crippen LogP contribution in [0.25, 0.3) is 0 Å². The van der Waals surface area contributed by atoms with Gasteiger partial charge in [-0.2, -0.15) is 22.5 Å². The lowest BCUT2D eigenvalue weighted by Crippen LogP contribution is -2.47. The molecule has 2 atom stereocenters. The Balaban J connectivity index is 0.000000878. The molecular formula is C14H18FN3O6S4. The fourth-order valence-corrected chi connectivity index (χ4v) is 4.08. The highest BCUT2D eigenvalue weighted by Gasteiger charge is 2.42. The number of thiol groups is 2. The Morgan fingerprint density at radius 1 is 1.25 bits per heavy atom. The standard InChI is InChI=1S/C14H16FN3O6S.H2S3/c15-9-1-3-10(4-2-9)24-11-5-6-17(8-11)25(22,23)16-12-7-13(19)18(21)14(12)20;1-3-2/h1-4,11-12,16,21H,5-8H2;1-2H/t11?,12-;/m0./s1. The monoisotopic (exact) mass is 471 g/mol. The fourth-order valence-electron chi connectivity index (χ4n) is 2.68. The van der Waals surface area contributed by atoms with Gasteiger partial charge >= 0.3 is 0 Å². The Labute approximate surface area is 175 Å². The van der Waals surface area contributed by atoms with Crippen molar-refractivity contribution in [1.29, 1.82) is 0 Å². The zero-order chi connectivity index (χ0) is 20.9. The molecule has 0 aromatic heterocycles. The van der Waals surface area contributed by atoms with Gasteiger partial charge in [-0.25, -0.2) is 4.39 Å². The summed E-state index contributed by atoms with van der Waals surface area (Å²) in [6.07, 6.45) is -0.433. The van der Waals surface area contributed by atoms with Crippen LogP contribution in [-0.2, 0) is 19.8 Å². The van der Waals surface area contributed by atoms with Crippen molar-refractivity contribution >= 4 is 55.2 Å². The number of halogens is 1. The average Bonchev–Trinajstić information content (AvgIpc) is 3.19. The molecule has 2 amide bonds. The van der Waals surface area contributed by atoms with E-state index in [1.165, 1.54) is 24.3 Å². The lowest BCUT2D eigenvalue weighted by atomic mass is 10.3. The van der Waals surface area contributed by atoms with Gasteiger partial charge < -0.3 is 4.74 Å². The van der Waals surface area contributed by atoms with Crippen molar-refractivity contribution in [1.82, 2.24) is 14.1 Å². The number of ether oxygens (including phenoxy) is 1. The molecule has 2 N–H and O–H groups in total. The first-order chi connectivity index (χ1) is 13.2. The van der Waals surface area contributed by atoms with Gasteiger partial charge in [0, 0.05) is 6.54 Å². The largest absolute Gasteiger partial charge is 0.489 e. The Kier molecular flexibility index (Phi) is 8.42. The van der Waals surface area contributed by atoms with E-state index in [0.717, 1.165) is 14.1 Å². The van der Waals surface area contributed by atoms with Crippen molar-refractivity contribution in [3.63, 3.8) is 0 Å². The minimum atomic E-state index is -4.02. The second-order valence-electron chi connectivity index (χ2n) is 5.85. The molecule has 0 radical (unpaired) electrons. The molecule has 3 rings (SSSR count). The quantitative estimate of drug-likeness (QED) is 0.219. The van der Waals surface area contributed by atoms with E-state index in [1.54, 1.807) is 0 Å². The van der Waals surface area contributed by atoms with Crippen molar-refractivity contribution in [2.24, 2.45) is 0 Å². The summed E-state index contributed by atoms with van der Waals surface area (Å²) in [6.45, 7) is 0.212. The second kappa shape index (κ2) is 10.1. The number of imide groups is 1. The van der Waals surface area contributed by atoms with E-state index in [2.05, 4.69) is 28.0 Å². The van der Waals surface area contributed by atoms with Crippen LogP contribution in [-0.4, -0.2) is 60.0 Å². The first-order valence-electron chi connectivity index (χ1n) is 7.88. The van der Waals surface area contributed by atoms with Crippen molar-refractivity contribution in [2.75, 3.05) is 13.1 Å². The van der Waals surface area contributed by atoms with Gasteiger partial charge in [0.15, 0.2) is 0 Å². The van der Waals surface area contributed by atoms with Crippen LogP contribution in [0.3, 0.4) is 0 Å². The van der Waals surface area contributed by atoms with Crippen molar-refractivity contribution < 1.29 is 32.3 Å². The molecule has 0 spiro atoms. The minimum Gasteiger partial charge on any atom is -0.489 e. The molecule has 28 heavy (non-hydrogen) atoms. The Hall–Kier alpha value is -1.03. The summed E-state index contributed by atoms with van der Waals surface area (Å²) in [6, 6.07) is 4.06. The van der Waals surface area contributed by atoms with Gasteiger partial charge in [-0.05, 0) is 40.5 Å². The number of carbonyl (C=O) groups excluding carboxylic acids is 2. The number of nitrogens with zero attached hydrogens (tertiary/aromatic N) is 2. The van der Waals surface area contributed by atoms with Crippen molar-refractivity contribution in [3.05, 3.63) is 30.1 Å². The number of hydrogen-bond acceptors (Lipinski definition) is 9. The highest BCUT2D eigenvalue weighted by Crippen LogP contribution is 2.21. The van der Waals surface area contributed by atoms with Crippen LogP contribution < -0.4 is 9.46 Å². The van der Waals surface area contributed by atoms with E-state index >= 15 is 0 Å². The van der Waals surface area contributed by atoms with E-state index in [9.17, 15) is 22.4 Å². The van der Waals surface area contributed by atoms with E-state index in [4.69, 9.17) is 9.94 Å². The zero-order valence-corrected chi connectivity index (χ0v) is 17.7. The van der Waals surface area contributed by atoms with E-state index in [-0.39, 0.29) is 18.2 Å². The maximum absolute atomic E-state index is 12.9. The molecular weight excluding hydrogens is 453 g/mol. The van der Waals surface area contributed by atoms with Crippen molar-refractivity contribution in [2.45, 2.75) is 25.0 Å². The van der Waals surface area contributed by atoms with Gasteiger partial charge in [0.05, 0.1) is 13.0 Å². The Morgan fingerprint density at radius 3 is 2.39 bits per heavy atom. The first kappa shape index (κ1) is 23.3. The number of benzene rings is 1. The molecule has 14 heteroatoms. The second-order valence-corrected chi connectivity index (χ2v) is 9.67. The normalized spacial score (nSPS) is 22.9. The molecule has 2 saturated heterocycles. The van der Waals surface area contributed by atoms with Gasteiger partial charge in [0.1, 0.15) is 23.7 Å². The molecule has 0 aliphatic carbocycles. The molecule has 1 aromatic rings. The number of carbonyl (C=O) groups is 2. The molecule has 2 fully saturated rings. The van der Waals surface area contributed by atoms with Gasteiger partial charge in [-0.1, -0.05) is 23.3 Å². The number of nitrogens with one attached hydrogen (secondary N) is 1. The lowest BCUT2D eigenvalue weighted by molar-refractivity contribution is -0.171. The van der Waals surface area contributed by atoms with Gasteiger partial charge in [0.25, 0.3) is 22.0 Å². The van der Waals surface area contributed by atoms with Gasteiger partial charge in [-0.3, -0.25) is 14.8 Å². The van der Waals surface area contributed by atoms with Crippen LogP contribution in [0.4, 0.5) is 4.39 Å². The maximum atomic E-state index is 12.9. The van der Waals surface area contributed by atoms with Crippen LogP contribution in [0.2, 0.25) is 0 Å². The molecule has 0 saturated carbocycles. The highest BCUT2D eigenvalue weighted by atomic mass is 33.5. The predicted octanol–water partition coefficient (Wildman–Crippen LogP) is 1.04. The van der Waals surface area contributed by atoms with Crippen molar-refractivity contribution in [3.8, 4) is 5.75 Å². The number of hydrogen-bond donors (Lipinski definition) is 4. The highest BCUT2D eigenvalue weighted by molar-refractivity contribution is 9.01. The smallest absolute Gasteiger partial charge is 0.280 e. The van der Waals surface area contributed by atoms with E-state index < -0.39 is 46.4 Å². The molecule has 2 aliphatic heterocycles. The maximum Gasteiger partial charge on any atom is 0.280 e. The molecule has 1 aromatic carbocycles. The first-order valence-corrected chi connectivity index (χ1v) is 12.2. The predicted molar refractivity (Wildman–Crippen MR) is 107 cm³/mol.